The third kappa shape index (κ3) is 4.61. The average molecular weight is 264 g/mol. The van der Waals surface area contributed by atoms with Gasteiger partial charge in [-0.2, -0.15) is 0 Å². The number of allylic oxidation sites excluding steroid dienone is 1. The highest BCUT2D eigenvalue weighted by molar-refractivity contribution is 7.09. The second-order valence-corrected chi connectivity index (χ2v) is 5.61. The average Bonchev–Trinajstić information content (AvgIpc) is 2.91. The molecule has 0 saturated carbocycles. The number of amides is 1. The Bertz CT molecular complexity index is 398. The molecule has 0 bridgehead atoms. The van der Waals surface area contributed by atoms with E-state index >= 15 is 0 Å². The summed E-state index contributed by atoms with van der Waals surface area (Å²) in [6, 6.07) is 0. The molecular weight excluding hydrogens is 244 g/mol. The van der Waals surface area contributed by atoms with Crippen molar-refractivity contribution in [3.8, 4) is 0 Å². The summed E-state index contributed by atoms with van der Waals surface area (Å²) in [5, 5.41) is 5.98. The van der Waals surface area contributed by atoms with Crippen LogP contribution in [0.3, 0.4) is 0 Å². The van der Waals surface area contributed by atoms with Crippen molar-refractivity contribution in [3.05, 3.63) is 28.2 Å². The highest BCUT2D eigenvalue weighted by Gasteiger charge is 2.06. The number of hydrogen-bond acceptors (Lipinski definition) is 3. The monoisotopic (exact) mass is 264 g/mol. The number of aromatic nitrogens is 1. The fourth-order valence-electron chi connectivity index (χ4n) is 2.18. The maximum atomic E-state index is 11.6. The number of thiazole rings is 1. The lowest BCUT2D eigenvalue weighted by Crippen LogP contribution is -2.25. The first kappa shape index (κ1) is 13.3. The molecule has 1 heterocycles. The van der Waals surface area contributed by atoms with Gasteiger partial charge in [-0.25, -0.2) is 4.98 Å². The molecule has 18 heavy (non-hydrogen) atoms. The van der Waals surface area contributed by atoms with Crippen LogP contribution in [0.4, 0.5) is 0 Å². The highest BCUT2D eigenvalue weighted by Crippen LogP contribution is 2.19. The molecule has 4 heteroatoms. The van der Waals surface area contributed by atoms with E-state index in [1.165, 1.54) is 31.3 Å². The van der Waals surface area contributed by atoms with Gasteiger partial charge >= 0.3 is 0 Å². The molecule has 1 amide bonds. The second kappa shape index (κ2) is 7.31. The van der Waals surface area contributed by atoms with Crippen molar-refractivity contribution in [3.63, 3.8) is 0 Å². The predicted octanol–water partition coefficient (Wildman–Crippen LogP) is 3.08. The molecule has 0 atom stereocenters. The van der Waals surface area contributed by atoms with Gasteiger partial charge in [0, 0.05) is 31.0 Å². The fraction of sp³-hybridized carbons (Fsp3) is 0.571. The highest BCUT2D eigenvalue weighted by atomic mass is 32.1. The van der Waals surface area contributed by atoms with Crippen molar-refractivity contribution in [1.82, 2.24) is 10.3 Å². The topological polar surface area (TPSA) is 42.0 Å². The summed E-state index contributed by atoms with van der Waals surface area (Å²) in [6.45, 7) is 0.780. The van der Waals surface area contributed by atoms with Crippen LogP contribution in [-0.4, -0.2) is 17.4 Å². The number of rotatable bonds is 6. The van der Waals surface area contributed by atoms with Crippen LogP contribution in [0.5, 0.6) is 0 Å². The predicted molar refractivity (Wildman–Crippen MR) is 74.6 cm³/mol. The normalized spacial score (nSPS) is 15.2. The molecule has 0 radical (unpaired) electrons. The van der Waals surface area contributed by atoms with Crippen LogP contribution in [0.1, 0.15) is 43.5 Å². The van der Waals surface area contributed by atoms with E-state index in [4.69, 9.17) is 0 Å². The first-order valence-corrected chi connectivity index (χ1v) is 7.55. The number of nitrogens with zero attached hydrogens (tertiary/aromatic N) is 1. The minimum atomic E-state index is 0.140. The van der Waals surface area contributed by atoms with Crippen LogP contribution >= 0.6 is 11.3 Å². The zero-order valence-corrected chi connectivity index (χ0v) is 11.5. The van der Waals surface area contributed by atoms with Crippen molar-refractivity contribution in [2.45, 2.75) is 44.9 Å². The van der Waals surface area contributed by atoms with Crippen molar-refractivity contribution in [2.24, 2.45) is 0 Å². The molecule has 98 valence electrons. The van der Waals surface area contributed by atoms with E-state index in [0.29, 0.717) is 6.42 Å². The molecule has 1 N–H and O–H groups in total. The Hall–Kier alpha value is -1.16. The number of nitrogens with one attached hydrogen (secondary N) is 1. The molecule has 1 aromatic heterocycles. The Labute approximate surface area is 112 Å². The van der Waals surface area contributed by atoms with E-state index in [1.54, 1.807) is 17.5 Å². The quantitative estimate of drug-likeness (QED) is 0.802. The van der Waals surface area contributed by atoms with Crippen LogP contribution in [0.2, 0.25) is 0 Å². The molecule has 1 aromatic rings. The number of hydrogen-bond donors (Lipinski definition) is 1. The van der Waals surface area contributed by atoms with Crippen LogP contribution in [0, 0.1) is 0 Å². The lowest BCUT2D eigenvalue weighted by Gasteiger charge is -2.12. The standard InChI is InChI=1S/C14H20N2OS/c17-13(6-7-14-16-10-11-18-14)15-9-8-12-4-2-1-3-5-12/h4,10-11H,1-3,5-9H2,(H,15,17). The largest absolute Gasteiger partial charge is 0.356 e. The van der Waals surface area contributed by atoms with E-state index in [2.05, 4.69) is 16.4 Å². The molecule has 2 rings (SSSR count). The van der Waals surface area contributed by atoms with Gasteiger partial charge in [0.05, 0.1) is 5.01 Å². The Morgan fingerprint density at radius 3 is 3.06 bits per heavy atom. The Morgan fingerprint density at radius 2 is 2.33 bits per heavy atom. The van der Waals surface area contributed by atoms with E-state index in [0.717, 1.165) is 24.4 Å². The number of aryl methyl sites for hydroxylation is 1. The Kier molecular flexibility index (Phi) is 5.39. The lowest BCUT2D eigenvalue weighted by atomic mass is 9.97. The van der Waals surface area contributed by atoms with Gasteiger partial charge in [0.25, 0.3) is 0 Å². The molecule has 1 aliphatic carbocycles. The zero-order chi connectivity index (χ0) is 12.6. The molecular formula is C14H20N2OS. The van der Waals surface area contributed by atoms with Crippen molar-refractivity contribution in [1.29, 1.82) is 0 Å². The van der Waals surface area contributed by atoms with Crippen LogP contribution < -0.4 is 5.32 Å². The summed E-state index contributed by atoms with van der Waals surface area (Å²) in [6.07, 6.45) is 11.5. The van der Waals surface area contributed by atoms with E-state index in [9.17, 15) is 4.79 Å². The van der Waals surface area contributed by atoms with Gasteiger partial charge in [0.15, 0.2) is 0 Å². The molecule has 0 unspecified atom stereocenters. The van der Waals surface area contributed by atoms with Crippen molar-refractivity contribution in [2.75, 3.05) is 6.54 Å². The minimum absolute atomic E-state index is 0.140. The number of carbonyl (C=O) groups is 1. The van der Waals surface area contributed by atoms with Gasteiger partial charge in [0.2, 0.25) is 5.91 Å². The maximum Gasteiger partial charge on any atom is 0.220 e. The van der Waals surface area contributed by atoms with Gasteiger partial charge in [-0.1, -0.05) is 11.6 Å². The van der Waals surface area contributed by atoms with Gasteiger partial charge in [0.1, 0.15) is 0 Å². The Balaban J connectivity index is 1.58. The molecule has 3 nitrogen and oxygen atoms in total. The summed E-state index contributed by atoms with van der Waals surface area (Å²) in [5.74, 6) is 0.140. The molecule has 0 saturated heterocycles. The molecule has 1 aliphatic rings. The first-order chi connectivity index (χ1) is 8.84. The van der Waals surface area contributed by atoms with Gasteiger partial charge in [-0.15, -0.1) is 11.3 Å². The molecule has 0 aliphatic heterocycles. The summed E-state index contributed by atoms with van der Waals surface area (Å²) in [7, 11) is 0. The van der Waals surface area contributed by atoms with Gasteiger partial charge in [-0.3, -0.25) is 4.79 Å². The molecule has 0 fully saturated rings. The summed E-state index contributed by atoms with van der Waals surface area (Å²) < 4.78 is 0. The minimum Gasteiger partial charge on any atom is -0.356 e. The van der Waals surface area contributed by atoms with Gasteiger partial charge < -0.3 is 5.32 Å². The molecule has 0 spiro atoms. The van der Waals surface area contributed by atoms with E-state index in [1.807, 2.05) is 5.38 Å². The van der Waals surface area contributed by atoms with Crippen molar-refractivity contribution >= 4 is 17.2 Å². The maximum absolute atomic E-state index is 11.6. The SMILES string of the molecule is O=C(CCc1nccs1)NCCC1=CCCCC1. The molecule has 0 aromatic carbocycles. The third-order valence-corrected chi connectivity index (χ3v) is 4.04. The lowest BCUT2D eigenvalue weighted by molar-refractivity contribution is -0.121. The fourth-order valence-corrected chi connectivity index (χ4v) is 2.80. The summed E-state index contributed by atoms with van der Waals surface area (Å²) >= 11 is 1.61. The first-order valence-electron chi connectivity index (χ1n) is 6.67. The summed E-state index contributed by atoms with van der Waals surface area (Å²) in [4.78, 5) is 15.8. The second-order valence-electron chi connectivity index (χ2n) is 4.63. The zero-order valence-electron chi connectivity index (χ0n) is 10.7. The van der Waals surface area contributed by atoms with E-state index in [-0.39, 0.29) is 5.91 Å². The van der Waals surface area contributed by atoms with Crippen LogP contribution in [0.15, 0.2) is 23.2 Å². The van der Waals surface area contributed by atoms with Crippen LogP contribution in [-0.2, 0) is 11.2 Å². The van der Waals surface area contributed by atoms with Gasteiger partial charge in [-0.05, 0) is 32.1 Å². The van der Waals surface area contributed by atoms with Crippen molar-refractivity contribution < 1.29 is 4.79 Å². The summed E-state index contributed by atoms with van der Waals surface area (Å²) in [5.41, 5.74) is 1.52. The smallest absolute Gasteiger partial charge is 0.220 e. The van der Waals surface area contributed by atoms with E-state index < -0.39 is 0 Å². The number of carbonyl (C=O) groups excluding carboxylic acids is 1. The third-order valence-electron chi connectivity index (χ3n) is 3.20. The Morgan fingerprint density at radius 1 is 1.39 bits per heavy atom. The van der Waals surface area contributed by atoms with Crippen LogP contribution in [0.25, 0.3) is 0 Å².